The molecule has 0 bridgehead atoms. The zero-order chi connectivity index (χ0) is 13.7. The monoisotopic (exact) mass is 259 g/mol. The Morgan fingerprint density at radius 2 is 1.56 bits per heavy atom. The van der Waals surface area contributed by atoms with Gasteiger partial charge in [0.05, 0.1) is 0 Å². The van der Waals surface area contributed by atoms with Crippen LogP contribution in [0.15, 0.2) is 0 Å². The van der Waals surface area contributed by atoms with E-state index in [9.17, 15) is 14.4 Å². The number of piperidine rings is 1. The Kier molecular flexibility index (Phi) is 4.90. The van der Waals surface area contributed by atoms with Gasteiger partial charge in [0.2, 0.25) is 0 Å². The summed E-state index contributed by atoms with van der Waals surface area (Å²) >= 11 is 0. The normalized spacial score (nSPS) is 16.4. The number of rotatable bonds is 4. The van der Waals surface area contributed by atoms with Gasteiger partial charge in [-0.25, -0.2) is 4.79 Å². The summed E-state index contributed by atoms with van der Waals surface area (Å²) in [6.07, 6.45) is 1.28. The highest BCUT2D eigenvalue weighted by atomic mass is 16.4. The quantitative estimate of drug-likeness (QED) is 0.595. The summed E-state index contributed by atoms with van der Waals surface area (Å²) in [6, 6.07) is -0.520. The maximum Gasteiger partial charge on any atom is 0.323 e. The van der Waals surface area contributed by atoms with E-state index < -0.39 is 31.1 Å². The van der Waals surface area contributed by atoms with Gasteiger partial charge in [0.25, 0.3) is 0 Å². The number of carbonyl (C=O) groups is 3. The molecular weight excluding hydrogens is 242 g/mol. The highest BCUT2D eigenvalue weighted by molar-refractivity contribution is 5.84. The van der Waals surface area contributed by atoms with Crippen molar-refractivity contribution in [3.8, 4) is 0 Å². The van der Waals surface area contributed by atoms with Crippen LogP contribution in [0.3, 0.4) is 0 Å². The van der Waals surface area contributed by atoms with Gasteiger partial charge in [-0.1, -0.05) is 0 Å². The van der Waals surface area contributed by atoms with Crippen LogP contribution in [0.25, 0.3) is 0 Å². The minimum absolute atomic E-state index is 0.0430. The summed E-state index contributed by atoms with van der Waals surface area (Å²) in [5, 5.41) is 17.3. The third-order valence-corrected chi connectivity index (χ3v) is 2.73. The zero-order valence-electron chi connectivity index (χ0n) is 9.91. The number of nitrogens with zero attached hydrogens (tertiary/aromatic N) is 2. The molecule has 2 amide bonds. The number of hydrogen-bond acceptors (Lipinski definition) is 4. The molecule has 0 aromatic heterocycles. The Labute approximate surface area is 104 Å². The molecule has 1 fully saturated rings. The topological polar surface area (TPSA) is 124 Å². The molecule has 8 heteroatoms. The molecule has 1 aliphatic rings. The fourth-order valence-electron chi connectivity index (χ4n) is 1.81. The average molecular weight is 259 g/mol. The lowest BCUT2D eigenvalue weighted by Gasteiger charge is -2.33. The second kappa shape index (κ2) is 6.20. The third-order valence-electron chi connectivity index (χ3n) is 2.73. The molecular formula is C10H17N3O5. The first kappa shape index (κ1) is 14.2. The molecule has 1 heterocycles. The molecule has 0 saturated carbocycles. The fourth-order valence-corrected chi connectivity index (χ4v) is 1.81. The lowest BCUT2D eigenvalue weighted by Crippen LogP contribution is -2.51. The fraction of sp³-hybridized carbons (Fsp3) is 0.700. The van der Waals surface area contributed by atoms with Gasteiger partial charge in [-0.15, -0.1) is 0 Å². The smallest absolute Gasteiger partial charge is 0.323 e. The van der Waals surface area contributed by atoms with Gasteiger partial charge in [-0.3, -0.25) is 9.59 Å². The van der Waals surface area contributed by atoms with E-state index in [2.05, 4.69) is 0 Å². The van der Waals surface area contributed by atoms with Crippen molar-refractivity contribution in [2.75, 3.05) is 26.2 Å². The molecule has 0 aliphatic carbocycles. The van der Waals surface area contributed by atoms with Gasteiger partial charge in [-0.2, -0.15) is 0 Å². The number of amides is 2. The Morgan fingerprint density at radius 3 is 1.94 bits per heavy atom. The van der Waals surface area contributed by atoms with Crippen LogP contribution in [0.1, 0.15) is 12.8 Å². The van der Waals surface area contributed by atoms with E-state index in [4.69, 9.17) is 15.9 Å². The van der Waals surface area contributed by atoms with Gasteiger partial charge in [0, 0.05) is 19.1 Å². The number of carboxylic acid groups (broad SMARTS) is 2. The SMILES string of the molecule is NC1CCN(C(=O)N(CC(=O)O)CC(=O)O)CC1. The summed E-state index contributed by atoms with van der Waals surface area (Å²) in [7, 11) is 0. The van der Waals surface area contributed by atoms with Crippen LogP contribution in [0, 0.1) is 0 Å². The summed E-state index contributed by atoms with van der Waals surface area (Å²) in [5.41, 5.74) is 5.69. The van der Waals surface area contributed by atoms with Crippen LogP contribution in [-0.4, -0.2) is 70.2 Å². The van der Waals surface area contributed by atoms with Crippen LogP contribution < -0.4 is 5.73 Å². The minimum atomic E-state index is -1.24. The second-order valence-corrected chi connectivity index (χ2v) is 4.25. The van der Waals surface area contributed by atoms with Gasteiger partial charge in [-0.05, 0) is 12.8 Å². The summed E-state index contributed by atoms with van der Waals surface area (Å²) in [5.74, 6) is -2.48. The summed E-state index contributed by atoms with van der Waals surface area (Å²) in [4.78, 5) is 35.4. The van der Waals surface area contributed by atoms with Gasteiger partial charge < -0.3 is 25.7 Å². The van der Waals surface area contributed by atoms with Crippen molar-refractivity contribution in [3.05, 3.63) is 0 Å². The van der Waals surface area contributed by atoms with E-state index in [0.717, 1.165) is 4.90 Å². The molecule has 4 N–H and O–H groups in total. The molecule has 1 aliphatic heterocycles. The largest absolute Gasteiger partial charge is 0.480 e. The number of hydrogen-bond donors (Lipinski definition) is 3. The Bertz CT molecular complexity index is 322. The molecule has 0 aromatic rings. The van der Waals surface area contributed by atoms with Gasteiger partial charge in [0.15, 0.2) is 0 Å². The molecule has 0 unspecified atom stereocenters. The highest BCUT2D eigenvalue weighted by Crippen LogP contribution is 2.10. The van der Waals surface area contributed by atoms with Crippen molar-refractivity contribution in [3.63, 3.8) is 0 Å². The van der Waals surface area contributed by atoms with E-state index in [-0.39, 0.29) is 6.04 Å². The first-order valence-electron chi connectivity index (χ1n) is 5.63. The highest BCUT2D eigenvalue weighted by Gasteiger charge is 2.27. The molecule has 8 nitrogen and oxygen atoms in total. The standard InChI is InChI=1S/C10H17N3O5/c11-7-1-3-12(4-2-7)10(18)13(5-8(14)15)6-9(16)17/h7H,1-6,11H2,(H,14,15)(H,16,17). The van der Waals surface area contributed by atoms with E-state index in [0.29, 0.717) is 25.9 Å². The second-order valence-electron chi connectivity index (χ2n) is 4.25. The summed E-state index contributed by atoms with van der Waals surface area (Å²) < 4.78 is 0. The van der Waals surface area contributed by atoms with Crippen molar-refractivity contribution in [1.82, 2.24) is 9.80 Å². The van der Waals surface area contributed by atoms with E-state index in [1.807, 2.05) is 0 Å². The Morgan fingerprint density at radius 1 is 1.11 bits per heavy atom. The van der Waals surface area contributed by atoms with Gasteiger partial charge in [0.1, 0.15) is 13.1 Å². The van der Waals surface area contributed by atoms with Gasteiger partial charge >= 0.3 is 18.0 Å². The Hall–Kier alpha value is -1.83. The number of carboxylic acids is 2. The van der Waals surface area contributed by atoms with Crippen LogP contribution in [-0.2, 0) is 9.59 Å². The van der Waals surface area contributed by atoms with E-state index >= 15 is 0 Å². The predicted molar refractivity (Wildman–Crippen MR) is 61.0 cm³/mol. The maximum absolute atomic E-state index is 12.0. The number of aliphatic carboxylic acids is 2. The molecule has 0 atom stereocenters. The average Bonchev–Trinajstić information content (AvgIpc) is 2.27. The number of carbonyl (C=O) groups excluding carboxylic acids is 1. The molecule has 0 spiro atoms. The first-order valence-corrected chi connectivity index (χ1v) is 5.63. The minimum Gasteiger partial charge on any atom is -0.480 e. The van der Waals surface area contributed by atoms with Crippen molar-refractivity contribution in [2.45, 2.75) is 18.9 Å². The molecule has 102 valence electrons. The van der Waals surface area contributed by atoms with Crippen LogP contribution in [0.5, 0.6) is 0 Å². The van der Waals surface area contributed by atoms with E-state index in [1.54, 1.807) is 0 Å². The third kappa shape index (κ3) is 4.21. The first-order chi connectivity index (χ1) is 8.40. The number of nitrogens with two attached hydrogens (primary N) is 1. The molecule has 0 aromatic carbocycles. The predicted octanol–water partition coefficient (Wildman–Crippen LogP) is -0.999. The Balaban J connectivity index is 2.63. The van der Waals surface area contributed by atoms with Crippen molar-refractivity contribution < 1.29 is 24.6 Å². The van der Waals surface area contributed by atoms with Crippen molar-refractivity contribution in [1.29, 1.82) is 0 Å². The van der Waals surface area contributed by atoms with Crippen LogP contribution >= 0.6 is 0 Å². The summed E-state index contributed by atoms with van der Waals surface area (Å²) in [6.45, 7) is -0.382. The zero-order valence-corrected chi connectivity index (χ0v) is 9.91. The van der Waals surface area contributed by atoms with Crippen LogP contribution in [0.2, 0.25) is 0 Å². The lowest BCUT2D eigenvalue weighted by atomic mass is 10.1. The van der Waals surface area contributed by atoms with E-state index in [1.165, 1.54) is 4.90 Å². The molecule has 1 rings (SSSR count). The molecule has 0 radical (unpaired) electrons. The van der Waals surface area contributed by atoms with Crippen molar-refractivity contribution >= 4 is 18.0 Å². The van der Waals surface area contributed by atoms with Crippen molar-refractivity contribution in [2.24, 2.45) is 5.73 Å². The maximum atomic E-state index is 12.0. The number of urea groups is 1. The lowest BCUT2D eigenvalue weighted by molar-refractivity contribution is -0.140. The molecule has 1 saturated heterocycles. The number of likely N-dealkylation sites (tertiary alicyclic amines) is 1. The molecule has 18 heavy (non-hydrogen) atoms. The van der Waals surface area contributed by atoms with Crippen LogP contribution in [0.4, 0.5) is 4.79 Å².